The van der Waals surface area contributed by atoms with Crippen molar-refractivity contribution in [2.45, 2.75) is 44.2 Å². The lowest BCUT2D eigenvalue weighted by atomic mass is 10.0. The molecule has 1 heterocycles. The Labute approximate surface area is 152 Å². The predicted molar refractivity (Wildman–Crippen MR) is 96.9 cm³/mol. The van der Waals surface area contributed by atoms with Crippen LogP contribution in [0.3, 0.4) is 0 Å². The third-order valence-electron chi connectivity index (χ3n) is 4.91. The molecule has 0 aromatic heterocycles. The van der Waals surface area contributed by atoms with Crippen molar-refractivity contribution < 1.29 is 9.53 Å². The molecule has 2 N–H and O–H groups in total. The predicted octanol–water partition coefficient (Wildman–Crippen LogP) is 3.67. The summed E-state index contributed by atoms with van der Waals surface area (Å²) in [5.41, 5.74) is 7.08. The quantitative estimate of drug-likeness (QED) is 0.838. The van der Waals surface area contributed by atoms with Crippen molar-refractivity contribution in [3.8, 4) is 5.75 Å². The number of ether oxygens (including phenoxy) is 1. The number of hydrogen-bond acceptors (Lipinski definition) is 3. The zero-order valence-electron chi connectivity index (χ0n) is 13.3. The van der Waals surface area contributed by atoms with Gasteiger partial charge in [-0.3, -0.25) is 4.79 Å². The average molecular weight is 404 g/mol. The SMILES string of the molecule is COc1ccc(Br)cc1C1CCCN1C(=O)C1CCC(N)C1.Cl. The lowest BCUT2D eigenvalue weighted by Crippen LogP contribution is -2.35. The van der Waals surface area contributed by atoms with Crippen LogP contribution in [0.15, 0.2) is 22.7 Å². The average Bonchev–Trinajstić information content (AvgIpc) is 3.15. The van der Waals surface area contributed by atoms with Crippen LogP contribution < -0.4 is 10.5 Å². The van der Waals surface area contributed by atoms with Gasteiger partial charge in [0, 0.05) is 28.5 Å². The summed E-state index contributed by atoms with van der Waals surface area (Å²) in [4.78, 5) is 14.9. The van der Waals surface area contributed by atoms with Crippen molar-refractivity contribution in [3.05, 3.63) is 28.2 Å². The van der Waals surface area contributed by atoms with Crippen molar-refractivity contribution >= 4 is 34.2 Å². The molecule has 0 radical (unpaired) electrons. The van der Waals surface area contributed by atoms with E-state index in [4.69, 9.17) is 10.5 Å². The summed E-state index contributed by atoms with van der Waals surface area (Å²) in [6.07, 6.45) is 4.77. The molecule has 1 saturated heterocycles. The summed E-state index contributed by atoms with van der Waals surface area (Å²) in [7, 11) is 1.68. The molecule has 3 atom stereocenters. The number of hydrogen-bond donors (Lipinski definition) is 1. The van der Waals surface area contributed by atoms with Crippen LogP contribution in [0.1, 0.15) is 43.7 Å². The molecule has 6 heteroatoms. The highest BCUT2D eigenvalue weighted by atomic mass is 79.9. The Morgan fingerprint density at radius 3 is 2.78 bits per heavy atom. The Morgan fingerprint density at radius 1 is 1.35 bits per heavy atom. The molecule has 128 valence electrons. The maximum Gasteiger partial charge on any atom is 0.226 e. The van der Waals surface area contributed by atoms with Crippen molar-refractivity contribution in [2.75, 3.05) is 13.7 Å². The Bertz CT molecular complexity index is 570. The fraction of sp³-hybridized carbons (Fsp3) is 0.588. The summed E-state index contributed by atoms with van der Waals surface area (Å²) < 4.78 is 6.52. The molecule has 4 nitrogen and oxygen atoms in total. The summed E-state index contributed by atoms with van der Waals surface area (Å²) in [6.45, 7) is 0.838. The van der Waals surface area contributed by atoms with Gasteiger partial charge in [-0.25, -0.2) is 0 Å². The van der Waals surface area contributed by atoms with E-state index in [-0.39, 0.29) is 36.3 Å². The normalized spacial score (nSPS) is 26.9. The van der Waals surface area contributed by atoms with E-state index in [2.05, 4.69) is 22.0 Å². The molecular weight excluding hydrogens is 380 g/mol. The molecule has 1 aromatic carbocycles. The summed E-state index contributed by atoms with van der Waals surface area (Å²) in [5.74, 6) is 1.24. The Morgan fingerprint density at radius 2 is 2.13 bits per heavy atom. The van der Waals surface area contributed by atoms with Crippen LogP contribution in [0.25, 0.3) is 0 Å². The van der Waals surface area contributed by atoms with Crippen LogP contribution in [-0.2, 0) is 4.79 Å². The lowest BCUT2D eigenvalue weighted by molar-refractivity contribution is -0.136. The zero-order valence-corrected chi connectivity index (χ0v) is 15.7. The molecular formula is C17H24BrClN2O2. The van der Waals surface area contributed by atoms with E-state index in [1.54, 1.807) is 7.11 Å². The number of methoxy groups -OCH3 is 1. The molecule has 1 amide bonds. The van der Waals surface area contributed by atoms with Crippen LogP contribution in [0.5, 0.6) is 5.75 Å². The van der Waals surface area contributed by atoms with E-state index in [0.717, 1.165) is 54.4 Å². The second-order valence-corrected chi connectivity index (χ2v) is 7.26. The van der Waals surface area contributed by atoms with Gasteiger partial charge < -0.3 is 15.4 Å². The molecule has 1 aliphatic heterocycles. The highest BCUT2D eigenvalue weighted by Crippen LogP contribution is 2.40. The van der Waals surface area contributed by atoms with Gasteiger partial charge in [0.1, 0.15) is 5.75 Å². The van der Waals surface area contributed by atoms with Crippen molar-refractivity contribution in [3.63, 3.8) is 0 Å². The van der Waals surface area contributed by atoms with Gasteiger partial charge in [-0.05, 0) is 50.3 Å². The van der Waals surface area contributed by atoms with E-state index in [0.29, 0.717) is 0 Å². The topological polar surface area (TPSA) is 55.6 Å². The number of nitrogens with zero attached hydrogens (tertiary/aromatic N) is 1. The summed E-state index contributed by atoms with van der Waals surface area (Å²) in [5, 5.41) is 0. The van der Waals surface area contributed by atoms with Crippen molar-refractivity contribution in [1.29, 1.82) is 0 Å². The minimum absolute atomic E-state index is 0. The van der Waals surface area contributed by atoms with Gasteiger partial charge in [-0.15, -0.1) is 12.4 Å². The highest BCUT2D eigenvalue weighted by Gasteiger charge is 2.37. The fourth-order valence-corrected chi connectivity index (χ4v) is 4.17. The number of rotatable bonds is 3. The molecule has 0 bridgehead atoms. The van der Waals surface area contributed by atoms with Gasteiger partial charge in [0.05, 0.1) is 13.2 Å². The molecule has 3 unspecified atom stereocenters. The second-order valence-electron chi connectivity index (χ2n) is 6.35. The van der Waals surface area contributed by atoms with Crippen LogP contribution in [0.2, 0.25) is 0 Å². The number of carbonyl (C=O) groups excluding carboxylic acids is 1. The Balaban J connectivity index is 0.00000192. The Kier molecular flexibility index (Phi) is 6.34. The van der Waals surface area contributed by atoms with Crippen LogP contribution in [0, 0.1) is 5.92 Å². The maximum absolute atomic E-state index is 12.9. The molecule has 3 rings (SSSR count). The van der Waals surface area contributed by atoms with E-state index in [9.17, 15) is 4.79 Å². The van der Waals surface area contributed by atoms with E-state index < -0.39 is 0 Å². The standard InChI is InChI=1S/C17H23BrN2O2.ClH/c1-22-16-7-5-12(18)10-14(16)15-3-2-8-20(15)17(21)11-4-6-13(19)9-11;/h5,7,10-11,13,15H,2-4,6,8-9,19H2,1H3;1H. The van der Waals surface area contributed by atoms with Crippen molar-refractivity contribution in [1.82, 2.24) is 4.90 Å². The molecule has 1 aliphatic carbocycles. The minimum atomic E-state index is 0. The minimum Gasteiger partial charge on any atom is -0.496 e. The first-order valence-corrected chi connectivity index (χ1v) is 8.79. The Hall–Kier alpha value is -0.780. The molecule has 1 aromatic rings. The van der Waals surface area contributed by atoms with Gasteiger partial charge in [0.15, 0.2) is 0 Å². The number of likely N-dealkylation sites (tertiary alicyclic amines) is 1. The van der Waals surface area contributed by atoms with Crippen molar-refractivity contribution in [2.24, 2.45) is 11.7 Å². The van der Waals surface area contributed by atoms with Crippen LogP contribution in [-0.4, -0.2) is 30.5 Å². The number of carbonyl (C=O) groups is 1. The van der Waals surface area contributed by atoms with Gasteiger partial charge in [-0.2, -0.15) is 0 Å². The first kappa shape index (κ1) is 18.6. The lowest BCUT2D eigenvalue weighted by Gasteiger charge is -2.29. The maximum atomic E-state index is 12.9. The molecule has 1 saturated carbocycles. The first-order valence-electron chi connectivity index (χ1n) is 7.99. The fourth-order valence-electron chi connectivity index (χ4n) is 3.79. The second kappa shape index (κ2) is 7.86. The van der Waals surface area contributed by atoms with Gasteiger partial charge >= 0.3 is 0 Å². The number of amides is 1. The van der Waals surface area contributed by atoms with Crippen LogP contribution >= 0.6 is 28.3 Å². The highest BCUT2D eigenvalue weighted by molar-refractivity contribution is 9.10. The number of nitrogens with two attached hydrogens (primary N) is 1. The summed E-state index contributed by atoms with van der Waals surface area (Å²) >= 11 is 3.53. The molecule has 0 spiro atoms. The monoisotopic (exact) mass is 402 g/mol. The van der Waals surface area contributed by atoms with Gasteiger partial charge in [-0.1, -0.05) is 15.9 Å². The summed E-state index contributed by atoms with van der Waals surface area (Å²) in [6, 6.07) is 6.33. The van der Waals surface area contributed by atoms with Gasteiger partial charge in [0.2, 0.25) is 5.91 Å². The van der Waals surface area contributed by atoms with Gasteiger partial charge in [0.25, 0.3) is 0 Å². The first-order chi connectivity index (χ1) is 10.6. The zero-order chi connectivity index (χ0) is 15.7. The van der Waals surface area contributed by atoms with E-state index in [1.807, 2.05) is 17.0 Å². The van der Waals surface area contributed by atoms with Crippen LogP contribution in [0.4, 0.5) is 0 Å². The van der Waals surface area contributed by atoms with E-state index >= 15 is 0 Å². The molecule has 2 aliphatic rings. The molecule has 23 heavy (non-hydrogen) atoms. The largest absolute Gasteiger partial charge is 0.496 e. The third-order valence-corrected chi connectivity index (χ3v) is 5.40. The van der Waals surface area contributed by atoms with E-state index in [1.165, 1.54) is 0 Å². The number of benzene rings is 1. The third kappa shape index (κ3) is 3.83. The number of halogens is 2. The smallest absolute Gasteiger partial charge is 0.226 e. The molecule has 2 fully saturated rings.